The Balaban J connectivity index is 2.91. The van der Waals surface area contributed by atoms with Gasteiger partial charge in [0.1, 0.15) is 11.7 Å². The summed E-state index contributed by atoms with van der Waals surface area (Å²) in [5.41, 5.74) is 16.6. The van der Waals surface area contributed by atoms with E-state index < -0.39 is 0 Å². The molecule has 1 aromatic carbocycles. The first kappa shape index (κ1) is 30.4. The van der Waals surface area contributed by atoms with Gasteiger partial charge >= 0.3 is 0 Å². The molecular formula is C27H48N4O2S. The van der Waals surface area contributed by atoms with E-state index in [1.807, 2.05) is 6.92 Å². The summed E-state index contributed by atoms with van der Waals surface area (Å²) in [6.45, 7) is 15.6. The van der Waals surface area contributed by atoms with Crippen LogP contribution in [0.1, 0.15) is 85.3 Å². The zero-order chi connectivity index (χ0) is 25.9. The number of ether oxygens (including phenoxy) is 1. The van der Waals surface area contributed by atoms with Gasteiger partial charge in [-0.05, 0) is 60.1 Å². The minimum absolute atomic E-state index is 0.0181. The number of nitrogens with zero attached hydrogens (tertiary/aromatic N) is 1. The molecule has 0 radical (unpaired) electrons. The first-order valence-corrected chi connectivity index (χ1v) is 13.3. The summed E-state index contributed by atoms with van der Waals surface area (Å²) < 4.78 is 5.85. The van der Waals surface area contributed by atoms with Crippen LogP contribution in [0.25, 0.3) is 0 Å². The summed E-state index contributed by atoms with van der Waals surface area (Å²) in [4.78, 5) is 12.4. The highest BCUT2D eigenvalue weighted by atomic mass is 32.1. The summed E-state index contributed by atoms with van der Waals surface area (Å²) in [6.07, 6.45) is 4.12. The molecule has 0 aromatic heterocycles. The van der Waals surface area contributed by atoms with Gasteiger partial charge in [0.25, 0.3) is 0 Å². The van der Waals surface area contributed by atoms with Crippen molar-refractivity contribution in [2.24, 2.45) is 28.6 Å². The van der Waals surface area contributed by atoms with Crippen molar-refractivity contribution in [3.63, 3.8) is 0 Å². The van der Waals surface area contributed by atoms with E-state index in [0.29, 0.717) is 30.7 Å². The zero-order valence-corrected chi connectivity index (χ0v) is 23.3. The molecule has 1 aromatic rings. The van der Waals surface area contributed by atoms with E-state index in [1.54, 1.807) is 0 Å². The van der Waals surface area contributed by atoms with Gasteiger partial charge < -0.3 is 15.8 Å². The van der Waals surface area contributed by atoms with Crippen molar-refractivity contribution in [2.75, 3.05) is 12.5 Å². The van der Waals surface area contributed by atoms with Gasteiger partial charge in [0.2, 0.25) is 5.91 Å². The molecule has 1 amide bonds. The molecule has 0 spiro atoms. The van der Waals surface area contributed by atoms with E-state index in [-0.39, 0.29) is 29.3 Å². The summed E-state index contributed by atoms with van der Waals surface area (Å²) in [5, 5.41) is 6.87. The van der Waals surface area contributed by atoms with E-state index in [9.17, 15) is 4.79 Å². The average Bonchev–Trinajstić information content (AvgIpc) is 2.75. The number of unbranched alkanes of at least 4 members (excludes halogenated alkanes) is 1. The predicted octanol–water partition coefficient (Wildman–Crippen LogP) is 6.12. The van der Waals surface area contributed by atoms with Crippen LogP contribution < -0.4 is 15.8 Å². The van der Waals surface area contributed by atoms with E-state index in [2.05, 4.69) is 82.8 Å². The molecule has 0 saturated carbocycles. The number of amides is 1. The number of carbonyl (C=O) groups excluding carboxylic acids is 1. The molecule has 6 nitrogen and oxygen atoms in total. The Labute approximate surface area is 213 Å². The van der Waals surface area contributed by atoms with Crippen LogP contribution in [0, 0.1) is 23.3 Å². The number of carbonyl (C=O) groups is 1. The standard InChI is InChI=1S/C27H48N4O2S/c1-8-9-12-30-26(32)19(4)13-23(28)24(31-29)16-21(18(2)3)14-20-10-11-22(27(5,6)7)25(15-20)33-17-34/h10-11,15,18-19,21,23-24,29,34H,8-9,12-14,16-17,28H2,1-7H3,(H,30,32)/t19?,21-,23-,24-/m0/s1. The lowest BCUT2D eigenvalue weighted by molar-refractivity contribution is -0.124. The quantitative estimate of drug-likeness (QED) is 0.103. The number of nitrogens with two attached hydrogens (primary N) is 1. The Morgan fingerprint density at radius 1 is 1.24 bits per heavy atom. The molecule has 7 heteroatoms. The molecular weight excluding hydrogens is 444 g/mol. The SMILES string of the molecule is CCCCNC(=O)C(C)C[C@H](N)[C@H](C[C@H](Cc1ccc(C(C)(C)C)c(OCS)c1)C(C)C)N=N. The molecule has 0 saturated heterocycles. The Kier molecular flexibility index (Phi) is 13.2. The molecule has 4 atom stereocenters. The van der Waals surface area contributed by atoms with Gasteiger partial charge in [-0.15, -0.1) is 12.6 Å². The van der Waals surface area contributed by atoms with Crippen LogP contribution in [0.2, 0.25) is 0 Å². The van der Waals surface area contributed by atoms with Crippen molar-refractivity contribution in [3.05, 3.63) is 29.3 Å². The Morgan fingerprint density at radius 2 is 1.91 bits per heavy atom. The van der Waals surface area contributed by atoms with Crippen LogP contribution in [-0.2, 0) is 16.6 Å². The van der Waals surface area contributed by atoms with Crippen LogP contribution in [0.3, 0.4) is 0 Å². The van der Waals surface area contributed by atoms with Gasteiger partial charge in [-0.3, -0.25) is 4.79 Å². The number of benzene rings is 1. The minimum atomic E-state index is -0.322. The van der Waals surface area contributed by atoms with Gasteiger partial charge in [-0.25, -0.2) is 5.53 Å². The number of hydrogen-bond donors (Lipinski definition) is 4. The zero-order valence-electron chi connectivity index (χ0n) is 22.4. The highest BCUT2D eigenvalue weighted by Crippen LogP contribution is 2.34. The second kappa shape index (κ2) is 14.7. The Bertz CT molecular complexity index is 763. The molecule has 0 aliphatic carbocycles. The van der Waals surface area contributed by atoms with E-state index in [0.717, 1.165) is 31.4 Å². The summed E-state index contributed by atoms with van der Waals surface area (Å²) in [5.74, 6) is 1.76. The van der Waals surface area contributed by atoms with E-state index >= 15 is 0 Å². The monoisotopic (exact) mass is 492 g/mol. The third-order valence-electron chi connectivity index (χ3n) is 6.62. The third kappa shape index (κ3) is 9.95. The molecule has 0 fully saturated rings. The highest BCUT2D eigenvalue weighted by molar-refractivity contribution is 7.80. The fraction of sp³-hybridized carbons (Fsp3) is 0.741. The minimum Gasteiger partial charge on any atom is -0.483 e. The molecule has 0 aliphatic heterocycles. The van der Waals surface area contributed by atoms with Gasteiger partial charge in [-0.2, -0.15) is 5.11 Å². The molecule has 1 unspecified atom stereocenters. The van der Waals surface area contributed by atoms with Crippen molar-refractivity contribution in [1.29, 1.82) is 5.53 Å². The number of nitrogens with one attached hydrogen (secondary N) is 2. The maximum Gasteiger partial charge on any atom is 0.222 e. The average molecular weight is 493 g/mol. The first-order chi connectivity index (χ1) is 15.9. The summed E-state index contributed by atoms with van der Waals surface area (Å²) in [6, 6.07) is 5.83. The molecule has 0 heterocycles. The summed E-state index contributed by atoms with van der Waals surface area (Å²) in [7, 11) is 0. The van der Waals surface area contributed by atoms with Crippen molar-refractivity contribution in [1.82, 2.24) is 5.32 Å². The number of hydrogen-bond acceptors (Lipinski definition) is 6. The lowest BCUT2D eigenvalue weighted by Crippen LogP contribution is -2.40. The van der Waals surface area contributed by atoms with Crippen molar-refractivity contribution in [3.8, 4) is 5.75 Å². The lowest BCUT2D eigenvalue weighted by Gasteiger charge is -2.29. The normalized spacial score (nSPS) is 15.5. The lowest BCUT2D eigenvalue weighted by atomic mass is 9.80. The number of thiol groups is 1. The largest absolute Gasteiger partial charge is 0.483 e. The fourth-order valence-corrected chi connectivity index (χ4v) is 4.40. The molecule has 34 heavy (non-hydrogen) atoms. The van der Waals surface area contributed by atoms with E-state index in [4.69, 9.17) is 16.0 Å². The molecule has 1 rings (SSSR count). The fourth-order valence-electron chi connectivity index (χ4n) is 4.26. The van der Waals surface area contributed by atoms with Crippen molar-refractivity contribution < 1.29 is 9.53 Å². The first-order valence-electron chi connectivity index (χ1n) is 12.7. The molecule has 0 bridgehead atoms. The summed E-state index contributed by atoms with van der Waals surface area (Å²) >= 11 is 4.26. The van der Waals surface area contributed by atoms with Gasteiger partial charge in [0, 0.05) is 18.5 Å². The number of rotatable bonds is 15. The van der Waals surface area contributed by atoms with Crippen LogP contribution in [0.4, 0.5) is 0 Å². The van der Waals surface area contributed by atoms with Gasteiger partial charge in [-0.1, -0.05) is 67.0 Å². The maximum atomic E-state index is 12.4. The van der Waals surface area contributed by atoms with Crippen LogP contribution in [-0.4, -0.2) is 30.5 Å². The second-order valence-corrected chi connectivity index (χ2v) is 11.2. The maximum absolute atomic E-state index is 12.4. The molecule has 0 aliphatic rings. The highest BCUT2D eigenvalue weighted by Gasteiger charge is 2.28. The van der Waals surface area contributed by atoms with E-state index in [1.165, 1.54) is 11.1 Å². The van der Waals surface area contributed by atoms with Crippen molar-refractivity contribution >= 4 is 18.5 Å². The van der Waals surface area contributed by atoms with Gasteiger partial charge in [0.15, 0.2) is 0 Å². The second-order valence-electron chi connectivity index (χ2n) is 10.9. The van der Waals surface area contributed by atoms with Crippen LogP contribution in [0.15, 0.2) is 23.3 Å². The van der Waals surface area contributed by atoms with Crippen LogP contribution >= 0.6 is 12.6 Å². The Morgan fingerprint density at radius 3 is 2.44 bits per heavy atom. The van der Waals surface area contributed by atoms with Crippen LogP contribution in [0.5, 0.6) is 5.75 Å². The smallest absolute Gasteiger partial charge is 0.222 e. The van der Waals surface area contributed by atoms with Gasteiger partial charge in [0.05, 0.1) is 6.04 Å². The third-order valence-corrected chi connectivity index (χ3v) is 6.75. The molecule has 194 valence electrons. The Hall–Kier alpha value is -1.60. The van der Waals surface area contributed by atoms with Crippen molar-refractivity contribution in [2.45, 2.75) is 98.1 Å². The molecule has 4 N–H and O–H groups in total. The topological polar surface area (TPSA) is 101 Å². The predicted molar refractivity (Wildman–Crippen MR) is 145 cm³/mol.